The minimum atomic E-state index is -0.205. The van der Waals surface area contributed by atoms with Crippen molar-refractivity contribution in [3.05, 3.63) is 28.3 Å². The van der Waals surface area contributed by atoms with Gasteiger partial charge in [0.1, 0.15) is 0 Å². The molecule has 156 valence electrons. The van der Waals surface area contributed by atoms with Gasteiger partial charge in [-0.05, 0) is 26.3 Å². The molecule has 9 heteroatoms. The van der Waals surface area contributed by atoms with Gasteiger partial charge in [-0.15, -0.1) is 0 Å². The second-order valence-corrected chi connectivity index (χ2v) is 7.59. The summed E-state index contributed by atoms with van der Waals surface area (Å²) >= 11 is 0. The normalized spacial score (nSPS) is 20.2. The molecule has 0 aliphatic carbocycles. The number of hydrogen-bond donors (Lipinski definition) is 2. The van der Waals surface area contributed by atoms with E-state index in [0.717, 1.165) is 69.4 Å². The first kappa shape index (κ1) is 19.8. The van der Waals surface area contributed by atoms with Crippen molar-refractivity contribution in [2.45, 2.75) is 32.8 Å². The topological polar surface area (TPSA) is 99.3 Å². The molecule has 0 radical (unpaired) electrons. The van der Waals surface area contributed by atoms with Crippen LogP contribution in [0.1, 0.15) is 25.5 Å². The Morgan fingerprint density at radius 2 is 2.10 bits per heavy atom. The second kappa shape index (κ2) is 8.87. The van der Waals surface area contributed by atoms with Crippen LogP contribution in [-0.4, -0.2) is 76.8 Å². The smallest absolute Gasteiger partial charge is 0.252 e. The van der Waals surface area contributed by atoms with Gasteiger partial charge in [0.15, 0.2) is 0 Å². The molecule has 0 unspecified atom stereocenters. The van der Waals surface area contributed by atoms with Gasteiger partial charge < -0.3 is 19.9 Å². The summed E-state index contributed by atoms with van der Waals surface area (Å²) in [5.74, 6) is 1.19. The fourth-order valence-corrected chi connectivity index (χ4v) is 3.82. The third-order valence-electron chi connectivity index (χ3n) is 5.61. The first-order valence-electron chi connectivity index (χ1n) is 10.4. The number of nitrogens with one attached hydrogen (secondary N) is 2. The molecular weight excluding hydrogens is 370 g/mol. The van der Waals surface area contributed by atoms with Crippen molar-refractivity contribution in [3.63, 3.8) is 0 Å². The van der Waals surface area contributed by atoms with Crippen LogP contribution in [0.3, 0.4) is 0 Å². The predicted molar refractivity (Wildman–Crippen MR) is 112 cm³/mol. The van der Waals surface area contributed by atoms with Crippen LogP contribution in [-0.2, 0) is 4.74 Å². The molecule has 0 spiro atoms. The van der Waals surface area contributed by atoms with E-state index < -0.39 is 0 Å². The van der Waals surface area contributed by atoms with E-state index in [1.807, 2.05) is 6.92 Å². The molecule has 2 aromatic rings. The molecule has 2 N–H and O–H groups in total. The monoisotopic (exact) mass is 399 g/mol. The molecule has 2 aliphatic heterocycles. The number of aryl methyl sites for hydroxylation is 1. The van der Waals surface area contributed by atoms with E-state index in [1.165, 1.54) is 6.07 Å². The number of aromatic nitrogens is 4. The van der Waals surface area contributed by atoms with E-state index in [-0.39, 0.29) is 11.7 Å². The average Bonchev–Trinajstić information content (AvgIpc) is 3.25. The highest BCUT2D eigenvalue weighted by Crippen LogP contribution is 2.22. The zero-order valence-corrected chi connectivity index (χ0v) is 17.1. The van der Waals surface area contributed by atoms with Gasteiger partial charge in [0.05, 0.1) is 17.5 Å². The van der Waals surface area contributed by atoms with Gasteiger partial charge in [0.2, 0.25) is 11.9 Å². The van der Waals surface area contributed by atoms with Crippen LogP contribution < -0.4 is 15.8 Å². The van der Waals surface area contributed by atoms with Crippen molar-refractivity contribution in [3.8, 4) is 11.3 Å². The van der Waals surface area contributed by atoms with E-state index in [4.69, 9.17) is 9.72 Å². The lowest BCUT2D eigenvalue weighted by atomic mass is 10.1. The van der Waals surface area contributed by atoms with Crippen LogP contribution in [0.5, 0.6) is 0 Å². The lowest BCUT2D eigenvalue weighted by molar-refractivity contribution is 0.120. The summed E-state index contributed by atoms with van der Waals surface area (Å²) < 4.78 is 5.61. The number of likely N-dealkylation sites (N-methyl/N-ethyl adjacent to an activating group) is 1. The maximum atomic E-state index is 12.1. The highest BCUT2D eigenvalue weighted by atomic mass is 16.5. The maximum absolute atomic E-state index is 12.1. The Hall–Kier alpha value is -2.52. The van der Waals surface area contributed by atoms with Crippen LogP contribution in [0.2, 0.25) is 0 Å². The average molecular weight is 399 g/mol. The zero-order valence-electron chi connectivity index (χ0n) is 17.1. The van der Waals surface area contributed by atoms with Gasteiger partial charge >= 0.3 is 0 Å². The van der Waals surface area contributed by atoms with Crippen molar-refractivity contribution in [2.24, 2.45) is 0 Å². The summed E-state index contributed by atoms with van der Waals surface area (Å²) in [6, 6.07) is 1.49. The Kier molecular flexibility index (Phi) is 6.05. The van der Waals surface area contributed by atoms with Crippen molar-refractivity contribution in [1.29, 1.82) is 0 Å². The molecule has 4 heterocycles. The molecule has 2 aliphatic rings. The molecule has 0 saturated carbocycles. The number of aromatic amines is 1. The van der Waals surface area contributed by atoms with Gasteiger partial charge in [-0.3, -0.25) is 9.78 Å². The Balaban J connectivity index is 1.49. The highest BCUT2D eigenvalue weighted by Gasteiger charge is 2.19. The quantitative estimate of drug-likeness (QED) is 0.749. The molecule has 1 atom stereocenters. The minimum absolute atomic E-state index is 0.168. The second-order valence-electron chi connectivity index (χ2n) is 7.59. The van der Waals surface area contributed by atoms with E-state index in [1.54, 1.807) is 6.20 Å². The van der Waals surface area contributed by atoms with Gasteiger partial charge in [0.25, 0.3) is 5.56 Å². The predicted octanol–water partition coefficient (Wildman–Crippen LogP) is 1.27. The fourth-order valence-electron chi connectivity index (χ4n) is 3.82. The van der Waals surface area contributed by atoms with Crippen molar-refractivity contribution >= 4 is 11.9 Å². The largest absolute Gasteiger partial charge is 0.376 e. The van der Waals surface area contributed by atoms with Crippen molar-refractivity contribution < 1.29 is 4.74 Å². The van der Waals surface area contributed by atoms with Crippen molar-refractivity contribution in [2.75, 3.05) is 56.1 Å². The van der Waals surface area contributed by atoms with E-state index in [2.05, 4.69) is 37.0 Å². The summed E-state index contributed by atoms with van der Waals surface area (Å²) in [6.45, 7) is 10.5. The van der Waals surface area contributed by atoms with E-state index in [0.29, 0.717) is 18.2 Å². The third-order valence-corrected chi connectivity index (χ3v) is 5.61. The highest BCUT2D eigenvalue weighted by molar-refractivity contribution is 5.62. The number of piperazine rings is 1. The molecule has 0 bridgehead atoms. The molecule has 0 amide bonds. The Labute approximate surface area is 170 Å². The minimum Gasteiger partial charge on any atom is -0.376 e. The van der Waals surface area contributed by atoms with E-state index in [9.17, 15) is 4.79 Å². The molecular formula is C20H29N7O2. The lowest BCUT2D eigenvalue weighted by Crippen LogP contribution is -2.46. The van der Waals surface area contributed by atoms with Crippen LogP contribution in [0.15, 0.2) is 17.1 Å². The summed E-state index contributed by atoms with van der Waals surface area (Å²) in [4.78, 5) is 33.3. The SMILES string of the molecule is CCN1CCN(c2ncc(-c3cc(=O)[nH]c(NC[C@H]4CCCO4)n3)c(C)n2)CC1. The molecule has 2 fully saturated rings. The lowest BCUT2D eigenvalue weighted by Gasteiger charge is -2.34. The van der Waals surface area contributed by atoms with Gasteiger partial charge in [-0.2, -0.15) is 0 Å². The number of H-pyrrole nitrogens is 1. The van der Waals surface area contributed by atoms with Crippen LogP contribution >= 0.6 is 0 Å². The number of hydrogen-bond acceptors (Lipinski definition) is 8. The Morgan fingerprint density at radius 3 is 2.79 bits per heavy atom. The molecule has 4 rings (SSSR count). The number of anilines is 2. The fraction of sp³-hybridized carbons (Fsp3) is 0.600. The van der Waals surface area contributed by atoms with Crippen LogP contribution in [0.4, 0.5) is 11.9 Å². The standard InChI is InChI=1S/C20H29N7O2/c1-3-26-6-8-27(9-7-26)20-22-13-16(14(2)23-20)17-11-18(28)25-19(24-17)21-12-15-5-4-10-29-15/h11,13,15H,3-10,12H2,1-2H3,(H2,21,24,25,28)/t15-/m1/s1. The summed E-state index contributed by atoms with van der Waals surface area (Å²) in [5, 5.41) is 3.18. The summed E-state index contributed by atoms with van der Waals surface area (Å²) in [5.41, 5.74) is 1.95. The molecule has 2 saturated heterocycles. The number of rotatable bonds is 6. The molecule has 2 aromatic heterocycles. The first-order valence-corrected chi connectivity index (χ1v) is 10.4. The van der Waals surface area contributed by atoms with Gasteiger partial charge in [-0.25, -0.2) is 15.0 Å². The van der Waals surface area contributed by atoms with Gasteiger partial charge in [0, 0.05) is 57.2 Å². The summed E-state index contributed by atoms with van der Waals surface area (Å²) in [6.07, 6.45) is 4.04. The number of nitrogens with zero attached hydrogens (tertiary/aromatic N) is 5. The molecule has 29 heavy (non-hydrogen) atoms. The van der Waals surface area contributed by atoms with Gasteiger partial charge in [-0.1, -0.05) is 6.92 Å². The van der Waals surface area contributed by atoms with Crippen LogP contribution in [0.25, 0.3) is 11.3 Å². The Morgan fingerprint density at radius 1 is 1.28 bits per heavy atom. The van der Waals surface area contributed by atoms with Crippen molar-refractivity contribution in [1.82, 2.24) is 24.8 Å². The Bertz CT molecular complexity index is 887. The summed E-state index contributed by atoms with van der Waals surface area (Å²) in [7, 11) is 0. The van der Waals surface area contributed by atoms with Crippen LogP contribution in [0, 0.1) is 6.92 Å². The third kappa shape index (κ3) is 4.73. The number of ether oxygens (including phenoxy) is 1. The van der Waals surface area contributed by atoms with E-state index >= 15 is 0 Å². The molecule has 9 nitrogen and oxygen atoms in total. The maximum Gasteiger partial charge on any atom is 0.252 e. The zero-order chi connectivity index (χ0) is 20.2. The first-order chi connectivity index (χ1) is 14.1. The molecule has 0 aromatic carbocycles.